The van der Waals surface area contributed by atoms with Crippen LogP contribution < -0.4 is 15.4 Å². The molecule has 0 bridgehead atoms. The molecular formula is C19H24F2IN3O2. The summed E-state index contributed by atoms with van der Waals surface area (Å²) < 4.78 is 32.5. The molecule has 2 aromatic rings. The maximum Gasteiger partial charge on any atom is 0.191 e. The molecule has 0 saturated heterocycles. The van der Waals surface area contributed by atoms with Gasteiger partial charge in [0, 0.05) is 6.54 Å². The van der Waals surface area contributed by atoms with E-state index in [1.807, 2.05) is 13.8 Å². The van der Waals surface area contributed by atoms with Gasteiger partial charge in [0.15, 0.2) is 29.1 Å². The maximum atomic E-state index is 13.6. The molecule has 0 aromatic heterocycles. The Morgan fingerprint density at radius 1 is 1.15 bits per heavy atom. The van der Waals surface area contributed by atoms with Crippen LogP contribution >= 0.6 is 24.0 Å². The summed E-state index contributed by atoms with van der Waals surface area (Å²) in [6, 6.07) is 10.4. The van der Waals surface area contributed by atoms with Gasteiger partial charge >= 0.3 is 0 Å². The maximum absolute atomic E-state index is 13.6. The predicted octanol–water partition coefficient (Wildman–Crippen LogP) is 3.81. The Bertz CT molecular complexity index is 759. The van der Waals surface area contributed by atoms with Crippen LogP contribution in [0.1, 0.15) is 19.4 Å². The Morgan fingerprint density at radius 3 is 2.56 bits per heavy atom. The standard InChI is InChI=1S/C19H23F2N3O2.HI/c1-3-22-19(24-12-14-8-9-17(25)16(21)10-14)23-11-13(2)26-18-7-5-4-6-15(18)20;/h4-10,13,25H,3,11-12H2,1-2H3,(H2,22,23,24);1H. The molecule has 0 aliphatic carbocycles. The summed E-state index contributed by atoms with van der Waals surface area (Å²) in [5.74, 6) is -0.744. The lowest BCUT2D eigenvalue weighted by Crippen LogP contribution is -2.41. The highest BCUT2D eigenvalue weighted by Crippen LogP contribution is 2.17. The van der Waals surface area contributed by atoms with Crippen molar-refractivity contribution in [1.82, 2.24) is 10.6 Å². The number of guanidine groups is 1. The number of phenols is 1. The van der Waals surface area contributed by atoms with Gasteiger partial charge in [0.05, 0.1) is 13.1 Å². The molecule has 3 N–H and O–H groups in total. The van der Waals surface area contributed by atoms with Gasteiger partial charge in [0.2, 0.25) is 0 Å². The predicted molar refractivity (Wildman–Crippen MR) is 113 cm³/mol. The molecule has 0 heterocycles. The smallest absolute Gasteiger partial charge is 0.191 e. The molecule has 0 fully saturated rings. The van der Waals surface area contributed by atoms with Crippen LogP contribution in [0.3, 0.4) is 0 Å². The summed E-state index contributed by atoms with van der Waals surface area (Å²) in [7, 11) is 0. The zero-order valence-corrected chi connectivity index (χ0v) is 17.5. The first-order valence-corrected chi connectivity index (χ1v) is 8.40. The van der Waals surface area contributed by atoms with Crippen molar-refractivity contribution in [3.8, 4) is 11.5 Å². The average molecular weight is 491 g/mol. The van der Waals surface area contributed by atoms with E-state index < -0.39 is 11.6 Å². The molecule has 0 saturated carbocycles. The lowest BCUT2D eigenvalue weighted by molar-refractivity contribution is 0.214. The summed E-state index contributed by atoms with van der Waals surface area (Å²) in [6.07, 6.45) is -0.290. The lowest BCUT2D eigenvalue weighted by Gasteiger charge is -2.18. The molecule has 148 valence electrons. The molecule has 0 spiro atoms. The molecule has 5 nitrogen and oxygen atoms in total. The van der Waals surface area contributed by atoms with E-state index >= 15 is 0 Å². The molecule has 27 heavy (non-hydrogen) atoms. The number of nitrogens with one attached hydrogen (secondary N) is 2. The number of aliphatic imine (C=N–C) groups is 1. The fourth-order valence-electron chi connectivity index (χ4n) is 2.20. The number of hydrogen-bond donors (Lipinski definition) is 3. The van der Waals surface area contributed by atoms with Gasteiger partial charge < -0.3 is 20.5 Å². The number of halogens is 3. The molecule has 0 aliphatic heterocycles. The van der Waals surface area contributed by atoms with E-state index in [9.17, 15) is 13.9 Å². The summed E-state index contributed by atoms with van der Waals surface area (Å²) in [4.78, 5) is 4.37. The van der Waals surface area contributed by atoms with Gasteiger partial charge in [-0.2, -0.15) is 0 Å². The van der Waals surface area contributed by atoms with E-state index in [1.165, 1.54) is 18.2 Å². The van der Waals surface area contributed by atoms with Crippen molar-refractivity contribution in [2.24, 2.45) is 4.99 Å². The molecule has 8 heteroatoms. The molecule has 0 radical (unpaired) electrons. The van der Waals surface area contributed by atoms with Gasteiger partial charge in [-0.3, -0.25) is 0 Å². The minimum Gasteiger partial charge on any atom is -0.505 e. The van der Waals surface area contributed by atoms with E-state index in [0.29, 0.717) is 24.6 Å². The van der Waals surface area contributed by atoms with E-state index in [4.69, 9.17) is 4.74 Å². The van der Waals surface area contributed by atoms with Crippen molar-refractivity contribution in [3.63, 3.8) is 0 Å². The van der Waals surface area contributed by atoms with E-state index in [1.54, 1.807) is 24.3 Å². The van der Waals surface area contributed by atoms with Crippen molar-refractivity contribution in [2.45, 2.75) is 26.5 Å². The summed E-state index contributed by atoms with van der Waals surface area (Å²) in [5.41, 5.74) is 0.633. The van der Waals surface area contributed by atoms with Gasteiger partial charge in [-0.1, -0.05) is 18.2 Å². The van der Waals surface area contributed by atoms with Gasteiger partial charge in [0.25, 0.3) is 0 Å². The average Bonchev–Trinajstić information content (AvgIpc) is 2.62. The number of nitrogens with zero attached hydrogens (tertiary/aromatic N) is 1. The van der Waals surface area contributed by atoms with E-state index in [2.05, 4.69) is 15.6 Å². The van der Waals surface area contributed by atoms with Crippen LogP contribution in [0.4, 0.5) is 8.78 Å². The van der Waals surface area contributed by atoms with E-state index in [-0.39, 0.29) is 48.1 Å². The Labute approximate surface area is 174 Å². The fourth-order valence-corrected chi connectivity index (χ4v) is 2.20. The van der Waals surface area contributed by atoms with Crippen LogP contribution in [0, 0.1) is 11.6 Å². The Morgan fingerprint density at radius 2 is 1.89 bits per heavy atom. The molecule has 2 rings (SSSR count). The number of hydrogen-bond acceptors (Lipinski definition) is 3. The van der Waals surface area contributed by atoms with Crippen molar-refractivity contribution >= 4 is 29.9 Å². The quantitative estimate of drug-likeness (QED) is 0.313. The number of aromatic hydroxyl groups is 1. The number of para-hydroxylation sites is 1. The zero-order chi connectivity index (χ0) is 18.9. The number of benzene rings is 2. The highest BCUT2D eigenvalue weighted by molar-refractivity contribution is 14.0. The third kappa shape index (κ3) is 7.58. The first kappa shape index (κ1) is 22.9. The number of ether oxygens (including phenoxy) is 1. The monoisotopic (exact) mass is 491 g/mol. The molecule has 2 aromatic carbocycles. The van der Waals surface area contributed by atoms with Crippen molar-refractivity contribution in [2.75, 3.05) is 13.1 Å². The topological polar surface area (TPSA) is 65.9 Å². The minimum atomic E-state index is -0.678. The highest BCUT2D eigenvalue weighted by Gasteiger charge is 2.09. The van der Waals surface area contributed by atoms with Crippen LogP contribution in [0.25, 0.3) is 0 Å². The second-order valence-electron chi connectivity index (χ2n) is 5.72. The van der Waals surface area contributed by atoms with Gasteiger partial charge in [-0.25, -0.2) is 13.8 Å². The van der Waals surface area contributed by atoms with Gasteiger partial charge in [-0.05, 0) is 43.7 Å². The van der Waals surface area contributed by atoms with Crippen LogP contribution in [-0.4, -0.2) is 30.3 Å². The first-order valence-electron chi connectivity index (χ1n) is 8.40. The third-order valence-electron chi connectivity index (χ3n) is 3.50. The first-order chi connectivity index (χ1) is 12.5. The normalized spacial score (nSPS) is 12.1. The molecule has 0 amide bonds. The highest BCUT2D eigenvalue weighted by atomic mass is 127. The molecule has 0 aliphatic rings. The Kier molecular flexibility index (Phi) is 9.84. The minimum absolute atomic E-state index is 0. The van der Waals surface area contributed by atoms with Crippen LogP contribution in [0.5, 0.6) is 11.5 Å². The van der Waals surface area contributed by atoms with Gasteiger partial charge in [-0.15, -0.1) is 24.0 Å². The second kappa shape index (κ2) is 11.6. The van der Waals surface area contributed by atoms with Crippen molar-refractivity contribution < 1.29 is 18.6 Å². The molecule has 1 atom stereocenters. The summed E-state index contributed by atoms with van der Waals surface area (Å²) in [6.45, 7) is 5.05. The lowest BCUT2D eigenvalue weighted by atomic mass is 10.2. The van der Waals surface area contributed by atoms with Crippen LogP contribution in [-0.2, 0) is 6.54 Å². The SMILES string of the molecule is CCNC(=NCc1ccc(O)c(F)c1)NCC(C)Oc1ccccc1F.I. The zero-order valence-electron chi connectivity index (χ0n) is 15.2. The molecular weight excluding hydrogens is 467 g/mol. The second-order valence-corrected chi connectivity index (χ2v) is 5.72. The molecule has 1 unspecified atom stereocenters. The van der Waals surface area contributed by atoms with Crippen LogP contribution in [0.2, 0.25) is 0 Å². The Balaban J connectivity index is 0.00000364. The van der Waals surface area contributed by atoms with E-state index in [0.717, 1.165) is 0 Å². The number of rotatable bonds is 7. The fraction of sp³-hybridized carbons (Fsp3) is 0.316. The third-order valence-corrected chi connectivity index (χ3v) is 3.50. The summed E-state index contributed by atoms with van der Waals surface area (Å²) >= 11 is 0. The Hall–Kier alpha value is -2.10. The largest absolute Gasteiger partial charge is 0.505 e. The summed E-state index contributed by atoms with van der Waals surface area (Å²) in [5, 5.41) is 15.4. The van der Waals surface area contributed by atoms with Gasteiger partial charge in [0.1, 0.15) is 6.10 Å². The number of phenolic OH excluding ortho intramolecular Hbond substituents is 1. The van der Waals surface area contributed by atoms with Crippen molar-refractivity contribution in [3.05, 3.63) is 59.7 Å². The van der Waals surface area contributed by atoms with Crippen LogP contribution in [0.15, 0.2) is 47.5 Å². The van der Waals surface area contributed by atoms with Crippen molar-refractivity contribution in [1.29, 1.82) is 0 Å².